The molecule has 1 atom stereocenters. The van der Waals surface area contributed by atoms with Gasteiger partial charge in [0.2, 0.25) is 0 Å². The second-order valence-corrected chi connectivity index (χ2v) is 5.12. The van der Waals surface area contributed by atoms with E-state index in [2.05, 4.69) is 0 Å². The number of nitrogens with two attached hydrogens (primary N) is 1. The number of aliphatic hydroxyl groups is 1. The predicted molar refractivity (Wildman–Crippen MR) is 66.3 cm³/mol. The molecule has 3 nitrogen and oxygen atoms in total. The van der Waals surface area contributed by atoms with Gasteiger partial charge in [-0.15, -0.1) is 0 Å². The van der Waals surface area contributed by atoms with Gasteiger partial charge >= 0.3 is 0 Å². The normalized spacial score (nSPS) is 22.7. The maximum Gasteiger partial charge on any atom is 0.0908 e. The lowest BCUT2D eigenvalue weighted by atomic mass is 9.79. The van der Waals surface area contributed by atoms with Gasteiger partial charge < -0.3 is 15.6 Å². The van der Waals surface area contributed by atoms with Gasteiger partial charge in [-0.3, -0.25) is 0 Å². The molecule has 1 aliphatic carbocycles. The molecular weight excluding hydrogens is 202 g/mol. The van der Waals surface area contributed by atoms with E-state index in [1.807, 2.05) is 0 Å². The molecule has 0 aromatic heterocycles. The fraction of sp³-hybridized carbons (Fsp3) is 1.00. The molecule has 1 fully saturated rings. The Kier molecular flexibility index (Phi) is 6.32. The first-order chi connectivity index (χ1) is 7.73. The molecule has 0 saturated heterocycles. The van der Waals surface area contributed by atoms with E-state index in [1.54, 1.807) is 7.11 Å². The van der Waals surface area contributed by atoms with Crippen LogP contribution in [0.15, 0.2) is 0 Å². The van der Waals surface area contributed by atoms with E-state index in [9.17, 15) is 5.11 Å². The van der Waals surface area contributed by atoms with Crippen LogP contribution < -0.4 is 5.73 Å². The van der Waals surface area contributed by atoms with Crippen LogP contribution in [0, 0.1) is 5.92 Å². The highest BCUT2D eigenvalue weighted by Gasteiger charge is 2.35. The molecule has 0 bridgehead atoms. The van der Waals surface area contributed by atoms with Crippen molar-refractivity contribution in [3.05, 3.63) is 0 Å². The van der Waals surface area contributed by atoms with Crippen LogP contribution in [0.1, 0.15) is 51.4 Å². The first-order valence-electron chi connectivity index (χ1n) is 6.64. The second kappa shape index (κ2) is 7.25. The monoisotopic (exact) mass is 229 g/mol. The van der Waals surface area contributed by atoms with Crippen LogP contribution in [-0.2, 0) is 4.74 Å². The second-order valence-electron chi connectivity index (χ2n) is 5.12. The van der Waals surface area contributed by atoms with E-state index in [-0.39, 0.29) is 0 Å². The van der Waals surface area contributed by atoms with Gasteiger partial charge in [0.1, 0.15) is 0 Å². The highest BCUT2D eigenvalue weighted by Crippen LogP contribution is 2.34. The molecule has 0 heterocycles. The van der Waals surface area contributed by atoms with Crippen LogP contribution >= 0.6 is 0 Å². The topological polar surface area (TPSA) is 55.5 Å². The summed E-state index contributed by atoms with van der Waals surface area (Å²) >= 11 is 0. The Morgan fingerprint density at radius 3 is 2.38 bits per heavy atom. The summed E-state index contributed by atoms with van der Waals surface area (Å²) in [5.74, 6) is 0.404. The van der Waals surface area contributed by atoms with Crippen molar-refractivity contribution in [1.82, 2.24) is 0 Å². The Hall–Kier alpha value is -0.120. The fourth-order valence-electron chi connectivity index (χ4n) is 2.87. The predicted octanol–water partition coefficient (Wildman–Crippen LogP) is 2.07. The zero-order valence-corrected chi connectivity index (χ0v) is 10.6. The smallest absolute Gasteiger partial charge is 0.0908 e. The van der Waals surface area contributed by atoms with Crippen LogP contribution in [-0.4, -0.2) is 31.0 Å². The van der Waals surface area contributed by atoms with Gasteiger partial charge in [-0.2, -0.15) is 0 Å². The van der Waals surface area contributed by atoms with Crippen LogP contribution in [0.25, 0.3) is 0 Å². The summed E-state index contributed by atoms with van der Waals surface area (Å²) in [6, 6.07) is 0. The summed E-state index contributed by atoms with van der Waals surface area (Å²) in [5, 5.41) is 10.7. The van der Waals surface area contributed by atoms with E-state index >= 15 is 0 Å². The van der Waals surface area contributed by atoms with E-state index in [0.717, 1.165) is 25.7 Å². The Morgan fingerprint density at radius 1 is 1.25 bits per heavy atom. The first kappa shape index (κ1) is 13.9. The SMILES string of the molecule is COCC(O)(CCCN)C1CCCCCC1. The summed E-state index contributed by atoms with van der Waals surface area (Å²) < 4.78 is 5.21. The maximum atomic E-state index is 10.7. The first-order valence-corrected chi connectivity index (χ1v) is 6.64. The van der Waals surface area contributed by atoms with Crippen LogP contribution in [0.2, 0.25) is 0 Å². The Balaban J connectivity index is 2.57. The average molecular weight is 229 g/mol. The lowest BCUT2D eigenvalue weighted by Gasteiger charge is -2.35. The standard InChI is InChI=1S/C13H27NO2/c1-16-11-13(15,9-6-10-14)12-7-4-2-3-5-8-12/h12,15H,2-11,14H2,1H3. The molecule has 96 valence electrons. The molecule has 16 heavy (non-hydrogen) atoms. The van der Waals surface area contributed by atoms with Gasteiger partial charge in [0.15, 0.2) is 0 Å². The van der Waals surface area contributed by atoms with Gasteiger partial charge in [-0.25, -0.2) is 0 Å². The number of rotatable bonds is 6. The van der Waals surface area contributed by atoms with Gasteiger partial charge in [0.05, 0.1) is 12.2 Å². The molecule has 0 spiro atoms. The molecule has 0 aliphatic heterocycles. The zero-order chi connectivity index (χ0) is 11.9. The van der Waals surface area contributed by atoms with Crippen molar-refractivity contribution in [2.75, 3.05) is 20.3 Å². The van der Waals surface area contributed by atoms with Crippen molar-refractivity contribution in [3.8, 4) is 0 Å². The quantitative estimate of drug-likeness (QED) is 0.686. The van der Waals surface area contributed by atoms with Crippen molar-refractivity contribution < 1.29 is 9.84 Å². The van der Waals surface area contributed by atoms with E-state index in [4.69, 9.17) is 10.5 Å². The number of hydrogen-bond donors (Lipinski definition) is 2. The Labute approximate surface area is 99.4 Å². The van der Waals surface area contributed by atoms with Crippen molar-refractivity contribution in [3.63, 3.8) is 0 Å². The van der Waals surface area contributed by atoms with Crippen molar-refractivity contribution in [1.29, 1.82) is 0 Å². The summed E-state index contributed by atoms with van der Waals surface area (Å²) in [7, 11) is 1.67. The molecule has 1 saturated carbocycles. The minimum atomic E-state index is -0.640. The van der Waals surface area contributed by atoms with Gasteiger partial charge in [-0.05, 0) is 38.1 Å². The third kappa shape index (κ3) is 4.04. The molecule has 1 unspecified atom stereocenters. The highest BCUT2D eigenvalue weighted by atomic mass is 16.5. The van der Waals surface area contributed by atoms with Crippen molar-refractivity contribution >= 4 is 0 Å². The summed E-state index contributed by atoms with van der Waals surface area (Å²) in [6.45, 7) is 1.11. The van der Waals surface area contributed by atoms with E-state index in [0.29, 0.717) is 19.1 Å². The molecule has 1 rings (SSSR count). The van der Waals surface area contributed by atoms with Gasteiger partial charge in [-0.1, -0.05) is 25.7 Å². The third-order valence-corrected chi connectivity index (χ3v) is 3.82. The minimum absolute atomic E-state index is 0.404. The largest absolute Gasteiger partial charge is 0.387 e. The maximum absolute atomic E-state index is 10.7. The van der Waals surface area contributed by atoms with Gasteiger partial charge in [0, 0.05) is 7.11 Å². The number of methoxy groups -OCH3 is 1. The summed E-state index contributed by atoms with van der Waals surface area (Å²) in [6.07, 6.45) is 9.08. The third-order valence-electron chi connectivity index (χ3n) is 3.82. The molecule has 3 N–H and O–H groups in total. The minimum Gasteiger partial charge on any atom is -0.387 e. The fourth-order valence-corrected chi connectivity index (χ4v) is 2.87. The van der Waals surface area contributed by atoms with Gasteiger partial charge in [0.25, 0.3) is 0 Å². The lowest BCUT2D eigenvalue weighted by Crippen LogP contribution is -2.42. The van der Waals surface area contributed by atoms with Crippen molar-refractivity contribution in [2.24, 2.45) is 11.7 Å². The highest BCUT2D eigenvalue weighted by molar-refractivity contribution is 4.87. The molecule has 0 radical (unpaired) electrons. The van der Waals surface area contributed by atoms with E-state index < -0.39 is 5.60 Å². The zero-order valence-electron chi connectivity index (χ0n) is 10.6. The summed E-state index contributed by atoms with van der Waals surface area (Å²) in [5.41, 5.74) is 4.90. The van der Waals surface area contributed by atoms with Crippen LogP contribution in [0.4, 0.5) is 0 Å². The number of hydrogen-bond acceptors (Lipinski definition) is 3. The van der Waals surface area contributed by atoms with Crippen LogP contribution in [0.5, 0.6) is 0 Å². The molecular formula is C13H27NO2. The molecule has 0 amide bonds. The van der Waals surface area contributed by atoms with E-state index in [1.165, 1.54) is 25.7 Å². The lowest BCUT2D eigenvalue weighted by molar-refractivity contribution is -0.0845. The molecule has 1 aliphatic rings. The molecule has 0 aromatic carbocycles. The van der Waals surface area contributed by atoms with Crippen molar-refractivity contribution in [2.45, 2.75) is 57.0 Å². The molecule has 0 aromatic rings. The average Bonchev–Trinajstić information content (AvgIpc) is 2.55. The van der Waals surface area contributed by atoms with Crippen LogP contribution in [0.3, 0.4) is 0 Å². The Bertz CT molecular complexity index is 179. The molecule has 3 heteroatoms. The summed E-state index contributed by atoms with van der Waals surface area (Å²) in [4.78, 5) is 0. The Morgan fingerprint density at radius 2 is 1.88 bits per heavy atom. The number of ether oxygens (including phenoxy) is 1.